The van der Waals surface area contributed by atoms with Gasteiger partial charge in [-0.05, 0) is 24.7 Å². The zero-order valence-electron chi connectivity index (χ0n) is 8.48. The molecule has 0 aromatic carbocycles. The zero-order chi connectivity index (χ0) is 8.85. The van der Waals surface area contributed by atoms with E-state index in [1.807, 2.05) is 0 Å². The molecule has 0 nitrogen and oxygen atoms in total. The third kappa shape index (κ3) is 6.15. The molecule has 0 aliphatic rings. The van der Waals surface area contributed by atoms with Gasteiger partial charge in [0.05, 0.1) is 0 Å². The summed E-state index contributed by atoms with van der Waals surface area (Å²) in [5.74, 6) is 1.51. The maximum Gasteiger partial charge on any atom is -0.0263 e. The molecule has 0 aliphatic carbocycles. The Balaban J connectivity index is 3.32. The van der Waals surface area contributed by atoms with Crippen LogP contribution in [0.2, 0.25) is 0 Å². The van der Waals surface area contributed by atoms with Crippen LogP contribution < -0.4 is 0 Å². The maximum absolute atomic E-state index is 4.05. The van der Waals surface area contributed by atoms with Crippen LogP contribution in [0.4, 0.5) is 0 Å². The van der Waals surface area contributed by atoms with Gasteiger partial charge in [0.15, 0.2) is 0 Å². The Labute approximate surface area is 71.7 Å². The second kappa shape index (κ2) is 5.40. The first-order valence-corrected chi connectivity index (χ1v) is 4.71. The second-order valence-corrected chi connectivity index (χ2v) is 4.10. The smallest absolute Gasteiger partial charge is 0.0263 e. The molecular weight excluding hydrogens is 132 g/mol. The molecule has 0 radical (unpaired) electrons. The monoisotopic (exact) mass is 154 g/mol. The van der Waals surface area contributed by atoms with Gasteiger partial charge >= 0.3 is 0 Å². The van der Waals surface area contributed by atoms with Crippen molar-refractivity contribution in [1.29, 1.82) is 0 Å². The number of hydrogen-bond donors (Lipinski definition) is 0. The Bertz CT molecular complexity index is 109. The normalized spacial score (nSPS) is 11.1. The third-order valence-corrected chi connectivity index (χ3v) is 2.10. The van der Waals surface area contributed by atoms with E-state index in [0.29, 0.717) is 5.92 Å². The van der Waals surface area contributed by atoms with Gasteiger partial charge in [-0.25, -0.2) is 0 Å². The first-order valence-electron chi connectivity index (χ1n) is 4.71. The molecular formula is C11H22. The molecule has 0 rings (SSSR count). The minimum Gasteiger partial charge on any atom is -0.0996 e. The van der Waals surface area contributed by atoms with Crippen molar-refractivity contribution in [2.24, 2.45) is 11.8 Å². The molecule has 0 aromatic rings. The molecule has 0 heterocycles. The molecule has 0 aromatic heterocycles. The third-order valence-electron chi connectivity index (χ3n) is 2.10. The van der Waals surface area contributed by atoms with Crippen molar-refractivity contribution in [3.8, 4) is 0 Å². The largest absolute Gasteiger partial charge is 0.0996 e. The van der Waals surface area contributed by atoms with E-state index >= 15 is 0 Å². The Morgan fingerprint density at radius 3 is 2.09 bits per heavy atom. The van der Waals surface area contributed by atoms with Crippen molar-refractivity contribution in [3.05, 3.63) is 12.2 Å². The fourth-order valence-electron chi connectivity index (χ4n) is 1.03. The average molecular weight is 154 g/mol. The molecule has 66 valence electrons. The second-order valence-electron chi connectivity index (χ2n) is 4.10. The summed E-state index contributed by atoms with van der Waals surface area (Å²) in [7, 11) is 0. The standard InChI is InChI=1S/C11H22/c1-9(2)7-6-8-11(5)10(3)4/h9-10H,5-8H2,1-4H3. The minimum atomic E-state index is 0.669. The van der Waals surface area contributed by atoms with E-state index in [1.54, 1.807) is 0 Å². The highest BCUT2D eigenvalue weighted by molar-refractivity contribution is 4.96. The summed E-state index contributed by atoms with van der Waals surface area (Å²) < 4.78 is 0. The van der Waals surface area contributed by atoms with E-state index < -0.39 is 0 Å². The molecule has 0 spiro atoms. The molecule has 0 fully saturated rings. The van der Waals surface area contributed by atoms with Crippen molar-refractivity contribution in [3.63, 3.8) is 0 Å². The van der Waals surface area contributed by atoms with Crippen LogP contribution in [0.5, 0.6) is 0 Å². The topological polar surface area (TPSA) is 0 Å². The summed E-state index contributed by atoms with van der Waals surface area (Å²) in [4.78, 5) is 0. The lowest BCUT2D eigenvalue weighted by Crippen LogP contribution is -1.94. The number of allylic oxidation sites excluding steroid dienone is 1. The Hall–Kier alpha value is -0.260. The summed E-state index contributed by atoms with van der Waals surface area (Å²) >= 11 is 0. The average Bonchev–Trinajstić information content (AvgIpc) is 1.86. The zero-order valence-corrected chi connectivity index (χ0v) is 8.48. The SMILES string of the molecule is C=C(CCCC(C)C)C(C)C. The minimum absolute atomic E-state index is 0.669. The van der Waals surface area contributed by atoms with Crippen LogP contribution in [-0.4, -0.2) is 0 Å². The lowest BCUT2D eigenvalue weighted by Gasteiger charge is -2.09. The molecule has 0 aliphatic heterocycles. The van der Waals surface area contributed by atoms with Crippen molar-refractivity contribution >= 4 is 0 Å². The van der Waals surface area contributed by atoms with Gasteiger partial charge in [0, 0.05) is 0 Å². The van der Waals surface area contributed by atoms with Gasteiger partial charge in [0.25, 0.3) is 0 Å². The predicted molar refractivity (Wildman–Crippen MR) is 52.7 cm³/mol. The fourth-order valence-corrected chi connectivity index (χ4v) is 1.03. The highest BCUT2D eigenvalue weighted by Gasteiger charge is 2.00. The molecule has 0 saturated carbocycles. The Kier molecular flexibility index (Phi) is 5.27. The first-order chi connectivity index (χ1) is 5.04. The molecule has 0 bridgehead atoms. The van der Waals surface area contributed by atoms with E-state index in [2.05, 4.69) is 34.3 Å². The summed E-state index contributed by atoms with van der Waals surface area (Å²) in [5, 5.41) is 0. The van der Waals surface area contributed by atoms with Crippen LogP contribution in [0.15, 0.2) is 12.2 Å². The van der Waals surface area contributed by atoms with E-state index in [-0.39, 0.29) is 0 Å². The van der Waals surface area contributed by atoms with Crippen LogP contribution in [0, 0.1) is 11.8 Å². The van der Waals surface area contributed by atoms with Gasteiger partial charge < -0.3 is 0 Å². The van der Waals surface area contributed by atoms with Gasteiger partial charge in [-0.3, -0.25) is 0 Å². The number of hydrogen-bond acceptors (Lipinski definition) is 0. The first kappa shape index (κ1) is 10.7. The summed E-state index contributed by atoms with van der Waals surface area (Å²) in [6, 6.07) is 0. The van der Waals surface area contributed by atoms with Crippen LogP contribution >= 0.6 is 0 Å². The van der Waals surface area contributed by atoms with Crippen molar-refractivity contribution in [2.75, 3.05) is 0 Å². The molecule has 0 N–H and O–H groups in total. The van der Waals surface area contributed by atoms with Gasteiger partial charge in [0.2, 0.25) is 0 Å². The van der Waals surface area contributed by atoms with Gasteiger partial charge in [-0.1, -0.05) is 46.3 Å². The molecule has 0 heteroatoms. The van der Waals surface area contributed by atoms with E-state index in [0.717, 1.165) is 5.92 Å². The quantitative estimate of drug-likeness (QED) is 0.524. The lowest BCUT2D eigenvalue weighted by atomic mass is 9.97. The maximum atomic E-state index is 4.05. The summed E-state index contributed by atoms with van der Waals surface area (Å²) in [6.45, 7) is 13.0. The van der Waals surface area contributed by atoms with Crippen LogP contribution in [0.3, 0.4) is 0 Å². The predicted octanol–water partition coefficient (Wildman–Crippen LogP) is 4.02. The highest BCUT2D eigenvalue weighted by atomic mass is 14.1. The molecule has 0 saturated heterocycles. The summed E-state index contributed by atoms with van der Waals surface area (Å²) in [6.07, 6.45) is 3.87. The van der Waals surface area contributed by atoms with Crippen molar-refractivity contribution in [2.45, 2.75) is 47.0 Å². The molecule has 0 amide bonds. The molecule has 0 unspecified atom stereocenters. The molecule has 0 atom stereocenters. The highest BCUT2D eigenvalue weighted by Crippen LogP contribution is 2.16. The lowest BCUT2D eigenvalue weighted by molar-refractivity contribution is 0.542. The molecule has 11 heavy (non-hydrogen) atoms. The Morgan fingerprint density at radius 1 is 1.18 bits per heavy atom. The van der Waals surface area contributed by atoms with Crippen LogP contribution in [0.1, 0.15) is 47.0 Å². The fraction of sp³-hybridized carbons (Fsp3) is 0.818. The summed E-state index contributed by atoms with van der Waals surface area (Å²) in [5.41, 5.74) is 1.41. The van der Waals surface area contributed by atoms with Gasteiger partial charge in [-0.15, -0.1) is 0 Å². The van der Waals surface area contributed by atoms with Gasteiger partial charge in [-0.2, -0.15) is 0 Å². The van der Waals surface area contributed by atoms with Crippen molar-refractivity contribution < 1.29 is 0 Å². The van der Waals surface area contributed by atoms with Crippen molar-refractivity contribution in [1.82, 2.24) is 0 Å². The number of rotatable bonds is 5. The van der Waals surface area contributed by atoms with Gasteiger partial charge in [0.1, 0.15) is 0 Å². The Morgan fingerprint density at radius 2 is 1.73 bits per heavy atom. The van der Waals surface area contributed by atoms with Crippen LogP contribution in [-0.2, 0) is 0 Å². The van der Waals surface area contributed by atoms with E-state index in [9.17, 15) is 0 Å². The van der Waals surface area contributed by atoms with Crippen LogP contribution in [0.25, 0.3) is 0 Å². The van der Waals surface area contributed by atoms with E-state index in [1.165, 1.54) is 24.8 Å². The van der Waals surface area contributed by atoms with E-state index in [4.69, 9.17) is 0 Å².